The number of ether oxygens (including phenoxy) is 1. The molecule has 1 aliphatic rings. The lowest BCUT2D eigenvalue weighted by Crippen LogP contribution is -2.52. The highest BCUT2D eigenvalue weighted by molar-refractivity contribution is 5.90. The van der Waals surface area contributed by atoms with E-state index in [2.05, 4.69) is 11.1 Å². The van der Waals surface area contributed by atoms with Crippen LogP contribution in [0.2, 0.25) is 0 Å². The molecule has 6 heteroatoms. The largest absolute Gasteiger partial charge is 0.444 e. The normalized spacial score (nSPS) is 17.7. The predicted molar refractivity (Wildman–Crippen MR) is 91.5 cm³/mol. The zero-order valence-electron chi connectivity index (χ0n) is 14.5. The second kappa shape index (κ2) is 5.54. The van der Waals surface area contributed by atoms with Gasteiger partial charge >= 0.3 is 6.09 Å². The number of hydrogen-bond donors (Lipinski definition) is 2. The maximum atomic E-state index is 12.5. The molecule has 3 rings (SSSR count). The monoisotopic (exact) mass is 329 g/mol. The Balaban J connectivity index is 2.00. The van der Waals surface area contributed by atoms with Crippen LogP contribution in [0.5, 0.6) is 0 Å². The summed E-state index contributed by atoms with van der Waals surface area (Å²) < 4.78 is 5.43. The van der Waals surface area contributed by atoms with E-state index in [-0.39, 0.29) is 6.54 Å². The molecule has 128 valence electrons. The first-order valence-corrected chi connectivity index (χ1v) is 8.05. The Morgan fingerprint density at radius 2 is 2.04 bits per heavy atom. The number of fused-ring (bicyclic) bond motifs is 3. The number of rotatable bonds is 1. The van der Waals surface area contributed by atoms with Crippen LogP contribution in [0.25, 0.3) is 10.9 Å². The third kappa shape index (κ3) is 2.96. The van der Waals surface area contributed by atoms with Crippen molar-refractivity contribution < 1.29 is 14.3 Å². The highest BCUT2D eigenvalue weighted by atomic mass is 16.6. The minimum absolute atomic E-state index is 0.283. The Bertz CT molecular complexity index is 817. The van der Waals surface area contributed by atoms with Gasteiger partial charge in [0.2, 0.25) is 5.91 Å². The molecular weight excluding hydrogens is 306 g/mol. The fourth-order valence-corrected chi connectivity index (χ4v) is 3.14. The Morgan fingerprint density at radius 3 is 2.67 bits per heavy atom. The molecule has 6 nitrogen and oxygen atoms in total. The average molecular weight is 329 g/mol. The van der Waals surface area contributed by atoms with Gasteiger partial charge in [-0.3, -0.25) is 9.69 Å². The number of aromatic nitrogens is 1. The van der Waals surface area contributed by atoms with Crippen LogP contribution in [0.1, 0.15) is 37.6 Å². The highest BCUT2D eigenvalue weighted by Gasteiger charge is 2.37. The molecule has 0 saturated heterocycles. The van der Waals surface area contributed by atoms with Crippen LogP contribution in [0, 0.1) is 6.92 Å². The molecule has 0 aliphatic carbocycles. The molecule has 0 saturated carbocycles. The molecule has 3 N–H and O–H groups in total. The third-order valence-electron chi connectivity index (χ3n) is 4.21. The molecule has 0 bridgehead atoms. The van der Waals surface area contributed by atoms with Crippen molar-refractivity contribution >= 4 is 22.9 Å². The van der Waals surface area contributed by atoms with Gasteiger partial charge in [-0.05, 0) is 44.9 Å². The number of benzene rings is 1. The summed E-state index contributed by atoms with van der Waals surface area (Å²) in [5.74, 6) is -0.520. The molecule has 2 heterocycles. The second-order valence-electron chi connectivity index (χ2n) is 7.36. The van der Waals surface area contributed by atoms with Crippen LogP contribution in [-0.4, -0.2) is 33.5 Å². The van der Waals surface area contributed by atoms with Crippen molar-refractivity contribution in [2.75, 3.05) is 0 Å². The van der Waals surface area contributed by atoms with Gasteiger partial charge in [0.05, 0.1) is 6.54 Å². The fraction of sp³-hybridized carbons (Fsp3) is 0.444. The number of amides is 2. The van der Waals surface area contributed by atoms with Crippen molar-refractivity contribution in [1.29, 1.82) is 0 Å². The summed E-state index contributed by atoms with van der Waals surface area (Å²) in [6.07, 6.45) is -0.126. The van der Waals surface area contributed by atoms with Gasteiger partial charge in [-0.15, -0.1) is 0 Å². The SMILES string of the molecule is Cc1ccc2c3c([nH]c2c1)CN(C(=O)OC(C)(C)C)C(C(N)=O)C3. The number of nitrogens with zero attached hydrogens (tertiary/aromatic N) is 1. The number of aryl methyl sites for hydroxylation is 1. The summed E-state index contributed by atoms with van der Waals surface area (Å²) in [4.78, 5) is 29.2. The number of nitrogens with one attached hydrogen (secondary N) is 1. The number of aromatic amines is 1. The van der Waals surface area contributed by atoms with Gasteiger partial charge < -0.3 is 15.5 Å². The molecule has 24 heavy (non-hydrogen) atoms. The predicted octanol–water partition coefficient (Wildman–Crippen LogP) is 2.62. The molecule has 1 atom stereocenters. The van der Waals surface area contributed by atoms with Crippen LogP contribution >= 0.6 is 0 Å². The molecule has 1 aliphatic heterocycles. The third-order valence-corrected chi connectivity index (χ3v) is 4.21. The van der Waals surface area contributed by atoms with E-state index >= 15 is 0 Å². The molecule has 1 aromatic carbocycles. The molecule has 1 unspecified atom stereocenters. The zero-order chi connectivity index (χ0) is 17.6. The number of carbonyl (C=O) groups excluding carboxylic acids is 2. The Labute approximate surface area is 141 Å². The zero-order valence-corrected chi connectivity index (χ0v) is 14.5. The van der Waals surface area contributed by atoms with Crippen molar-refractivity contribution in [1.82, 2.24) is 9.88 Å². The Morgan fingerprint density at radius 1 is 1.33 bits per heavy atom. The van der Waals surface area contributed by atoms with Crippen molar-refractivity contribution in [3.63, 3.8) is 0 Å². The van der Waals surface area contributed by atoms with Crippen LogP contribution in [0.3, 0.4) is 0 Å². The molecule has 0 fully saturated rings. The Hall–Kier alpha value is -2.50. The van der Waals surface area contributed by atoms with E-state index in [1.54, 1.807) is 20.8 Å². The Kier molecular flexibility index (Phi) is 3.78. The quantitative estimate of drug-likeness (QED) is 0.843. The molecule has 1 aromatic heterocycles. The fourth-order valence-electron chi connectivity index (χ4n) is 3.14. The molecule has 0 radical (unpaired) electrons. The van der Waals surface area contributed by atoms with Crippen LogP contribution in [0.15, 0.2) is 18.2 Å². The van der Waals surface area contributed by atoms with Gasteiger partial charge in [-0.2, -0.15) is 0 Å². The van der Waals surface area contributed by atoms with Gasteiger partial charge in [0.15, 0.2) is 0 Å². The minimum Gasteiger partial charge on any atom is -0.444 e. The van der Waals surface area contributed by atoms with E-state index in [1.165, 1.54) is 4.90 Å². The number of H-pyrrole nitrogens is 1. The van der Waals surface area contributed by atoms with Crippen molar-refractivity contribution in [2.45, 2.75) is 52.3 Å². The van der Waals surface area contributed by atoms with Gasteiger partial charge in [-0.25, -0.2) is 4.79 Å². The first-order valence-electron chi connectivity index (χ1n) is 8.05. The summed E-state index contributed by atoms with van der Waals surface area (Å²) >= 11 is 0. The number of primary amides is 1. The lowest BCUT2D eigenvalue weighted by atomic mass is 9.96. The van der Waals surface area contributed by atoms with Gasteiger partial charge in [-0.1, -0.05) is 12.1 Å². The summed E-state index contributed by atoms with van der Waals surface area (Å²) in [6, 6.07) is 5.44. The van der Waals surface area contributed by atoms with E-state index in [9.17, 15) is 9.59 Å². The number of nitrogens with two attached hydrogens (primary N) is 1. The van der Waals surface area contributed by atoms with Crippen LogP contribution in [-0.2, 0) is 22.5 Å². The molecule has 2 amide bonds. The van der Waals surface area contributed by atoms with Gasteiger partial charge in [0.1, 0.15) is 11.6 Å². The first-order chi connectivity index (χ1) is 11.2. The van der Waals surface area contributed by atoms with Gasteiger partial charge in [0, 0.05) is 23.0 Å². The van der Waals surface area contributed by atoms with E-state index in [4.69, 9.17) is 10.5 Å². The summed E-state index contributed by atoms with van der Waals surface area (Å²) in [5, 5.41) is 1.07. The maximum absolute atomic E-state index is 12.5. The number of carbonyl (C=O) groups is 2. The van der Waals surface area contributed by atoms with E-state index in [1.807, 2.05) is 19.1 Å². The van der Waals surface area contributed by atoms with E-state index < -0.39 is 23.6 Å². The molecular formula is C18H23N3O3. The van der Waals surface area contributed by atoms with Crippen LogP contribution in [0.4, 0.5) is 4.79 Å². The number of hydrogen-bond acceptors (Lipinski definition) is 3. The minimum atomic E-state index is -0.701. The van der Waals surface area contributed by atoms with Crippen molar-refractivity contribution in [3.05, 3.63) is 35.0 Å². The standard InChI is InChI=1S/C18H23N3O3/c1-10-5-6-11-12-8-15(16(19)22)21(17(23)24-18(2,3)4)9-14(12)20-13(11)7-10/h5-7,15,20H,8-9H2,1-4H3,(H2,19,22). The van der Waals surface area contributed by atoms with Gasteiger partial charge in [0.25, 0.3) is 0 Å². The van der Waals surface area contributed by atoms with E-state index in [0.29, 0.717) is 6.42 Å². The summed E-state index contributed by atoms with van der Waals surface area (Å²) in [5.41, 5.74) is 9.06. The molecule has 0 spiro atoms. The lowest BCUT2D eigenvalue weighted by Gasteiger charge is -2.35. The summed E-state index contributed by atoms with van der Waals surface area (Å²) in [6.45, 7) is 7.70. The smallest absolute Gasteiger partial charge is 0.411 e. The average Bonchev–Trinajstić information content (AvgIpc) is 2.80. The topological polar surface area (TPSA) is 88.4 Å². The van der Waals surface area contributed by atoms with Crippen molar-refractivity contribution in [3.8, 4) is 0 Å². The highest BCUT2D eigenvalue weighted by Crippen LogP contribution is 2.31. The summed E-state index contributed by atoms with van der Waals surface area (Å²) in [7, 11) is 0. The first kappa shape index (κ1) is 16.4. The second-order valence-corrected chi connectivity index (χ2v) is 7.36. The van der Waals surface area contributed by atoms with Crippen LogP contribution < -0.4 is 5.73 Å². The van der Waals surface area contributed by atoms with Crippen molar-refractivity contribution in [2.24, 2.45) is 5.73 Å². The lowest BCUT2D eigenvalue weighted by molar-refractivity contribution is -0.123. The molecule has 2 aromatic rings. The van der Waals surface area contributed by atoms with E-state index in [0.717, 1.165) is 27.7 Å². The maximum Gasteiger partial charge on any atom is 0.411 e.